The van der Waals surface area contributed by atoms with Crippen LogP contribution < -0.4 is 11.1 Å². The number of anilines is 3. The number of aryl methyl sites for hydroxylation is 1. The van der Waals surface area contributed by atoms with Gasteiger partial charge in [0.15, 0.2) is 0 Å². The first-order valence-corrected chi connectivity index (χ1v) is 6.22. The molecule has 0 aliphatic heterocycles. The quantitative estimate of drug-likeness (QED) is 0.826. The van der Waals surface area contributed by atoms with Crippen molar-refractivity contribution in [3.63, 3.8) is 0 Å². The van der Waals surface area contributed by atoms with E-state index in [4.69, 9.17) is 11.0 Å². The summed E-state index contributed by atoms with van der Waals surface area (Å²) in [7, 11) is 0. The maximum atomic E-state index is 9.07. The predicted octanol–water partition coefficient (Wildman–Crippen LogP) is 3.96. The van der Waals surface area contributed by atoms with Gasteiger partial charge >= 0.3 is 0 Å². The zero-order valence-electron chi connectivity index (χ0n) is 9.87. The van der Waals surface area contributed by atoms with Crippen molar-refractivity contribution in [3.8, 4) is 6.07 Å². The van der Waals surface area contributed by atoms with Gasteiger partial charge in [0.25, 0.3) is 0 Å². The molecule has 0 aliphatic rings. The zero-order chi connectivity index (χ0) is 13.1. The van der Waals surface area contributed by atoms with Crippen LogP contribution in [0.2, 0.25) is 0 Å². The lowest BCUT2D eigenvalue weighted by Crippen LogP contribution is -1.98. The van der Waals surface area contributed by atoms with Crippen molar-refractivity contribution in [1.82, 2.24) is 0 Å². The van der Waals surface area contributed by atoms with Crippen LogP contribution in [0.4, 0.5) is 17.1 Å². The number of rotatable bonds is 2. The molecule has 0 heterocycles. The molecule has 0 fully saturated rings. The van der Waals surface area contributed by atoms with Crippen LogP contribution in [0.15, 0.2) is 40.9 Å². The Kier molecular flexibility index (Phi) is 3.54. The number of benzene rings is 2. The third kappa shape index (κ3) is 2.63. The van der Waals surface area contributed by atoms with Gasteiger partial charge in [0.05, 0.1) is 22.6 Å². The minimum absolute atomic E-state index is 0.583. The molecule has 0 bridgehead atoms. The number of hydrogen-bond donors (Lipinski definition) is 2. The van der Waals surface area contributed by atoms with E-state index < -0.39 is 0 Å². The molecule has 0 saturated heterocycles. The van der Waals surface area contributed by atoms with E-state index in [0.717, 1.165) is 21.4 Å². The summed E-state index contributed by atoms with van der Waals surface area (Å²) in [6.07, 6.45) is 0. The number of halogens is 1. The molecule has 3 N–H and O–H groups in total. The minimum atomic E-state index is 0.583. The van der Waals surface area contributed by atoms with Gasteiger partial charge in [-0.2, -0.15) is 5.26 Å². The molecule has 4 heteroatoms. The van der Waals surface area contributed by atoms with Gasteiger partial charge < -0.3 is 11.1 Å². The molecule has 0 saturated carbocycles. The molecule has 2 rings (SSSR count). The summed E-state index contributed by atoms with van der Waals surface area (Å²) in [6, 6.07) is 13.4. The number of nitrogens with zero attached hydrogens (tertiary/aromatic N) is 1. The molecule has 0 aromatic heterocycles. The molecule has 2 aromatic rings. The molecule has 3 nitrogen and oxygen atoms in total. The van der Waals surface area contributed by atoms with E-state index in [2.05, 4.69) is 27.3 Å². The second-order valence-electron chi connectivity index (χ2n) is 4.02. The first kappa shape index (κ1) is 12.5. The van der Waals surface area contributed by atoms with Crippen molar-refractivity contribution in [1.29, 1.82) is 5.26 Å². The van der Waals surface area contributed by atoms with Crippen molar-refractivity contribution in [2.24, 2.45) is 0 Å². The van der Waals surface area contributed by atoms with Gasteiger partial charge in [-0.1, -0.05) is 22.0 Å². The van der Waals surface area contributed by atoms with Crippen LogP contribution >= 0.6 is 15.9 Å². The second-order valence-corrected chi connectivity index (χ2v) is 4.93. The van der Waals surface area contributed by atoms with Crippen LogP contribution in [-0.2, 0) is 0 Å². The number of nitrogens with one attached hydrogen (secondary N) is 1. The van der Waals surface area contributed by atoms with Crippen molar-refractivity contribution in [3.05, 3.63) is 52.0 Å². The van der Waals surface area contributed by atoms with E-state index in [0.29, 0.717) is 11.3 Å². The molecule has 2 aromatic carbocycles. The molecule has 18 heavy (non-hydrogen) atoms. The fourth-order valence-corrected chi connectivity index (χ4v) is 2.00. The van der Waals surface area contributed by atoms with Gasteiger partial charge in [-0.3, -0.25) is 0 Å². The highest BCUT2D eigenvalue weighted by atomic mass is 79.9. The van der Waals surface area contributed by atoms with Crippen molar-refractivity contribution in [2.45, 2.75) is 6.92 Å². The van der Waals surface area contributed by atoms with Crippen molar-refractivity contribution >= 4 is 33.0 Å². The maximum Gasteiger partial charge on any atom is 0.101 e. The molecular formula is C14H12BrN3. The normalized spacial score (nSPS) is 9.83. The van der Waals surface area contributed by atoms with Gasteiger partial charge in [0.1, 0.15) is 6.07 Å². The van der Waals surface area contributed by atoms with Gasteiger partial charge in [0.2, 0.25) is 0 Å². The molecule has 0 unspecified atom stereocenters. The Bertz CT molecular complexity index is 629. The first-order valence-electron chi connectivity index (χ1n) is 5.43. The van der Waals surface area contributed by atoms with Crippen molar-refractivity contribution in [2.75, 3.05) is 11.1 Å². The molecule has 90 valence electrons. The lowest BCUT2D eigenvalue weighted by Gasteiger charge is -2.11. The lowest BCUT2D eigenvalue weighted by molar-refractivity contribution is 1.43. The number of hydrogen-bond acceptors (Lipinski definition) is 3. The maximum absolute atomic E-state index is 9.07. The average Bonchev–Trinajstić information content (AvgIpc) is 2.34. The Balaban J connectivity index is 2.43. The highest BCUT2D eigenvalue weighted by Crippen LogP contribution is 2.28. The van der Waals surface area contributed by atoms with Gasteiger partial charge in [-0.05, 0) is 42.8 Å². The van der Waals surface area contributed by atoms with E-state index in [-0.39, 0.29) is 0 Å². The standard InChI is InChI=1S/C14H12BrN3/c1-9-2-5-12(17)14(6-9)18-13-7-11(15)4-3-10(13)8-16/h2-7,18H,17H2,1H3. The largest absolute Gasteiger partial charge is 0.397 e. The molecule has 0 radical (unpaired) electrons. The zero-order valence-corrected chi connectivity index (χ0v) is 11.5. The van der Waals surface area contributed by atoms with Crippen LogP contribution in [0.3, 0.4) is 0 Å². The Morgan fingerprint density at radius 3 is 2.67 bits per heavy atom. The summed E-state index contributed by atoms with van der Waals surface area (Å²) < 4.78 is 0.912. The summed E-state index contributed by atoms with van der Waals surface area (Å²) >= 11 is 3.39. The van der Waals surface area contributed by atoms with Crippen molar-refractivity contribution < 1.29 is 0 Å². The smallest absolute Gasteiger partial charge is 0.101 e. The van der Waals surface area contributed by atoms with E-state index >= 15 is 0 Å². The van der Waals surface area contributed by atoms with E-state index in [9.17, 15) is 0 Å². The fourth-order valence-electron chi connectivity index (χ4n) is 1.64. The molecule has 0 atom stereocenters. The third-order valence-electron chi connectivity index (χ3n) is 2.58. The van der Waals surface area contributed by atoms with Crippen LogP contribution in [0.5, 0.6) is 0 Å². The number of nitriles is 1. The highest BCUT2D eigenvalue weighted by molar-refractivity contribution is 9.10. The fraction of sp³-hybridized carbons (Fsp3) is 0.0714. The SMILES string of the molecule is Cc1ccc(N)c(Nc2cc(Br)ccc2C#N)c1. The predicted molar refractivity (Wildman–Crippen MR) is 77.7 cm³/mol. The van der Waals surface area contributed by atoms with Gasteiger partial charge in [-0.15, -0.1) is 0 Å². The van der Waals surface area contributed by atoms with Crippen LogP contribution in [-0.4, -0.2) is 0 Å². The first-order chi connectivity index (χ1) is 8.60. The van der Waals surface area contributed by atoms with E-state index in [1.54, 1.807) is 6.07 Å². The van der Waals surface area contributed by atoms with Crippen LogP contribution in [0, 0.1) is 18.3 Å². The lowest BCUT2D eigenvalue weighted by atomic mass is 10.1. The highest BCUT2D eigenvalue weighted by Gasteiger charge is 2.05. The Morgan fingerprint density at radius 2 is 1.94 bits per heavy atom. The second kappa shape index (κ2) is 5.11. The summed E-state index contributed by atoms with van der Waals surface area (Å²) in [5.74, 6) is 0. The molecule has 0 aliphatic carbocycles. The van der Waals surface area contributed by atoms with Gasteiger partial charge in [-0.25, -0.2) is 0 Å². The average molecular weight is 302 g/mol. The topological polar surface area (TPSA) is 61.8 Å². The molecule has 0 spiro atoms. The monoisotopic (exact) mass is 301 g/mol. The molecule has 0 amide bonds. The Labute approximate surface area is 114 Å². The summed E-state index contributed by atoms with van der Waals surface area (Å²) in [6.45, 7) is 2.00. The van der Waals surface area contributed by atoms with E-state index in [1.165, 1.54) is 0 Å². The van der Waals surface area contributed by atoms with E-state index in [1.807, 2.05) is 37.3 Å². The van der Waals surface area contributed by atoms with Crippen LogP contribution in [0.25, 0.3) is 0 Å². The molecular weight excluding hydrogens is 290 g/mol. The summed E-state index contributed by atoms with van der Waals surface area (Å²) in [4.78, 5) is 0. The van der Waals surface area contributed by atoms with Gasteiger partial charge in [0, 0.05) is 4.47 Å². The summed E-state index contributed by atoms with van der Waals surface area (Å²) in [5, 5.41) is 12.3. The third-order valence-corrected chi connectivity index (χ3v) is 3.07. The number of nitrogen functional groups attached to an aromatic ring is 1. The number of nitrogens with two attached hydrogens (primary N) is 1. The Morgan fingerprint density at radius 1 is 1.17 bits per heavy atom. The van der Waals surface area contributed by atoms with Crippen LogP contribution in [0.1, 0.15) is 11.1 Å². The minimum Gasteiger partial charge on any atom is -0.397 e. The Hall–Kier alpha value is -1.99. The summed E-state index contributed by atoms with van der Waals surface area (Å²) in [5.41, 5.74) is 9.81.